The number of benzene rings is 3. The van der Waals surface area contributed by atoms with Gasteiger partial charge in [-0.1, -0.05) is 36.4 Å². The molecule has 194 valence electrons. The zero-order valence-electron chi connectivity index (χ0n) is 20.8. The van der Waals surface area contributed by atoms with Gasteiger partial charge in [0.25, 0.3) is 5.91 Å². The smallest absolute Gasteiger partial charge is 0.258 e. The fourth-order valence-corrected chi connectivity index (χ4v) is 6.59. The molecular formula is C29H26FN3O4S. The maximum atomic E-state index is 14.4. The molecule has 3 aromatic carbocycles. The Labute approximate surface area is 220 Å². The van der Waals surface area contributed by atoms with E-state index in [1.807, 2.05) is 35.0 Å². The van der Waals surface area contributed by atoms with Crippen molar-refractivity contribution in [2.75, 3.05) is 38.3 Å². The fraction of sp³-hybridized carbons (Fsp3) is 0.207. The molecule has 1 fully saturated rings. The normalized spacial score (nSPS) is 17.5. The molecule has 2 aliphatic heterocycles. The lowest BCUT2D eigenvalue weighted by Gasteiger charge is -2.26. The van der Waals surface area contributed by atoms with E-state index in [4.69, 9.17) is 4.74 Å². The molecule has 0 aliphatic carbocycles. The number of nitrogens with zero attached hydrogens (tertiary/aromatic N) is 3. The lowest BCUT2D eigenvalue weighted by molar-refractivity contribution is -0.112. The second kappa shape index (κ2) is 9.50. The zero-order valence-corrected chi connectivity index (χ0v) is 21.6. The third-order valence-electron chi connectivity index (χ3n) is 7.18. The van der Waals surface area contributed by atoms with E-state index in [2.05, 4.69) is 0 Å². The number of ether oxygens (including phenoxy) is 1. The van der Waals surface area contributed by atoms with Gasteiger partial charge in [0.2, 0.25) is 10.0 Å². The summed E-state index contributed by atoms with van der Waals surface area (Å²) in [5.74, 6) is -0.493. The van der Waals surface area contributed by atoms with E-state index < -0.39 is 10.0 Å². The largest absolute Gasteiger partial charge is 0.379 e. The topological polar surface area (TPSA) is 71.9 Å². The van der Waals surface area contributed by atoms with E-state index in [0.717, 1.165) is 16.5 Å². The molecule has 38 heavy (non-hydrogen) atoms. The molecule has 1 aromatic heterocycles. The molecule has 2 aliphatic rings. The van der Waals surface area contributed by atoms with Crippen LogP contribution in [0.4, 0.5) is 10.1 Å². The van der Waals surface area contributed by atoms with Crippen molar-refractivity contribution in [3.8, 4) is 0 Å². The third-order valence-corrected chi connectivity index (χ3v) is 9.07. The molecule has 0 unspecified atom stereocenters. The summed E-state index contributed by atoms with van der Waals surface area (Å²) in [6.07, 6.45) is 3.71. The summed E-state index contributed by atoms with van der Waals surface area (Å²) in [6, 6.07) is 19.2. The molecule has 0 bridgehead atoms. The van der Waals surface area contributed by atoms with Crippen molar-refractivity contribution in [3.05, 3.63) is 95.4 Å². The number of aromatic nitrogens is 1. The molecule has 0 spiro atoms. The molecule has 7 nitrogen and oxygen atoms in total. The Morgan fingerprint density at radius 1 is 1.00 bits per heavy atom. The van der Waals surface area contributed by atoms with Crippen LogP contribution in [0.25, 0.3) is 22.6 Å². The van der Waals surface area contributed by atoms with Gasteiger partial charge >= 0.3 is 0 Å². The Bertz CT molecular complexity index is 1700. The molecule has 1 saturated heterocycles. The van der Waals surface area contributed by atoms with Crippen molar-refractivity contribution in [3.63, 3.8) is 0 Å². The number of para-hydroxylation sites is 1. The minimum absolute atomic E-state index is 0.147. The predicted molar refractivity (Wildman–Crippen MR) is 145 cm³/mol. The Hall–Kier alpha value is -3.79. The van der Waals surface area contributed by atoms with Gasteiger partial charge in [-0.05, 0) is 36.4 Å². The van der Waals surface area contributed by atoms with Crippen LogP contribution < -0.4 is 4.90 Å². The minimum Gasteiger partial charge on any atom is -0.379 e. The van der Waals surface area contributed by atoms with Gasteiger partial charge in [0.1, 0.15) is 5.82 Å². The second-order valence-corrected chi connectivity index (χ2v) is 11.4. The number of carbonyl (C=O) groups excluding carboxylic acids is 1. The van der Waals surface area contributed by atoms with Crippen LogP contribution in [-0.4, -0.2) is 56.5 Å². The van der Waals surface area contributed by atoms with E-state index in [1.54, 1.807) is 49.5 Å². The summed E-state index contributed by atoms with van der Waals surface area (Å²) in [7, 11) is -2.05. The summed E-state index contributed by atoms with van der Waals surface area (Å²) >= 11 is 0. The molecule has 0 radical (unpaired) electrons. The first-order chi connectivity index (χ1) is 18.3. The number of amides is 1. The summed E-state index contributed by atoms with van der Waals surface area (Å²) in [6.45, 7) is 1.63. The van der Waals surface area contributed by atoms with Gasteiger partial charge in [0.05, 0.1) is 30.3 Å². The SMILES string of the molecule is CN1C(=O)/C(=C\c2cn(Cc3ccccc3F)c3ccccc23)c2cc(S(=O)(=O)N3CCOCC3)ccc21. The number of sulfonamides is 1. The van der Waals surface area contributed by atoms with Gasteiger partial charge in [-0.2, -0.15) is 4.31 Å². The zero-order chi connectivity index (χ0) is 26.4. The van der Waals surface area contributed by atoms with Crippen molar-refractivity contribution in [2.45, 2.75) is 11.4 Å². The first-order valence-corrected chi connectivity index (χ1v) is 13.8. The van der Waals surface area contributed by atoms with E-state index >= 15 is 0 Å². The van der Waals surface area contributed by atoms with E-state index in [1.165, 1.54) is 15.3 Å². The number of rotatable bonds is 5. The number of carbonyl (C=O) groups is 1. The number of hydrogen-bond acceptors (Lipinski definition) is 4. The highest BCUT2D eigenvalue weighted by atomic mass is 32.2. The lowest BCUT2D eigenvalue weighted by Crippen LogP contribution is -2.40. The van der Waals surface area contributed by atoms with Crippen molar-refractivity contribution in [1.82, 2.24) is 8.87 Å². The van der Waals surface area contributed by atoms with Crippen molar-refractivity contribution in [2.24, 2.45) is 0 Å². The summed E-state index contributed by atoms with van der Waals surface area (Å²) in [4.78, 5) is 15.0. The highest BCUT2D eigenvalue weighted by molar-refractivity contribution is 7.89. The highest BCUT2D eigenvalue weighted by Crippen LogP contribution is 2.39. The van der Waals surface area contributed by atoms with Crippen LogP contribution in [0.1, 0.15) is 16.7 Å². The first kappa shape index (κ1) is 24.5. The van der Waals surface area contributed by atoms with Crippen LogP contribution in [0, 0.1) is 5.82 Å². The molecule has 0 saturated carbocycles. The molecule has 4 aromatic rings. The number of anilines is 1. The van der Waals surface area contributed by atoms with Crippen molar-refractivity contribution >= 4 is 44.2 Å². The third kappa shape index (κ3) is 4.13. The predicted octanol–water partition coefficient (Wildman–Crippen LogP) is 4.37. The van der Waals surface area contributed by atoms with Crippen LogP contribution in [-0.2, 0) is 26.1 Å². The van der Waals surface area contributed by atoms with Crippen LogP contribution in [0.3, 0.4) is 0 Å². The van der Waals surface area contributed by atoms with Crippen LogP contribution in [0.2, 0.25) is 0 Å². The number of hydrogen-bond donors (Lipinski definition) is 0. The standard InChI is InChI=1S/C29H26FN3O4S/c1-31-27-11-10-22(38(35,36)33-12-14-37-15-13-33)17-24(27)25(29(31)34)16-21-19-32(28-9-5-3-7-23(21)28)18-20-6-2-4-8-26(20)30/h2-11,16-17,19H,12-15,18H2,1H3/b25-16-. The van der Waals surface area contributed by atoms with Gasteiger partial charge in [-0.15, -0.1) is 0 Å². The summed E-state index contributed by atoms with van der Waals surface area (Å²) in [5, 5.41) is 0.914. The molecule has 3 heterocycles. The number of halogens is 1. The monoisotopic (exact) mass is 531 g/mol. The van der Waals surface area contributed by atoms with Gasteiger partial charge in [0, 0.05) is 59.5 Å². The Morgan fingerprint density at radius 2 is 1.74 bits per heavy atom. The first-order valence-electron chi connectivity index (χ1n) is 12.4. The van der Waals surface area contributed by atoms with Crippen LogP contribution in [0.15, 0.2) is 77.8 Å². The molecule has 0 atom stereocenters. The lowest BCUT2D eigenvalue weighted by atomic mass is 10.0. The van der Waals surface area contributed by atoms with E-state index in [0.29, 0.717) is 55.2 Å². The number of fused-ring (bicyclic) bond motifs is 2. The Kier molecular flexibility index (Phi) is 6.14. The van der Waals surface area contributed by atoms with Gasteiger partial charge in [0.15, 0.2) is 0 Å². The van der Waals surface area contributed by atoms with Gasteiger partial charge in [-0.25, -0.2) is 12.8 Å². The van der Waals surface area contributed by atoms with E-state index in [-0.39, 0.29) is 16.6 Å². The quantitative estimate of drug-likeness (QED) is 0.359. The molecule has 0 N–H and O–H groups in total. The number of likely N-dealkylation sites (N-methyl/N-ethyl adjacent to an activating group) is 1. The summed E-state index contributed by atoms with van der Waals surface area (Å²) in [5.41, 5.74) is 3.89. The second-order valence-electron chi connectivity index (χ2n) is 9.44. The average Bonchev–Trinajstić information content (AvgIpc) is 3.40. The average molecular weight is 532 g/mol. The van der Waals surface area contributed by atoms with Gasteiger partial charge in [-0.3, -0.25) is 4.79 Å². The van der Waals surface area contributed by atoms with Gasteiger partial charge < -0.3 is 14.2 Å². The Morgan fingerprint density at radius 3 is 2.53 bits per heavy atom. The Balaban J connectivity index is 1.44. The van der Waals surface area contributed by atoms with Crippen molar-refractivity contribution in [1.29, 1.82) is 0 Å². The fourth-order valence-electron chi connectivity index (χ4n) is 5.15. The summed E-state index contributed by atoms with van der Waals surface area (Å²) < 4.78 is 49.7. The maximum Gasteiger partial charge on any atom is 0.258 e. The minimum atomic E-state index is -3.73. The molecule has 1 amide bonds. The van der Waals surface area contributed by atoms with Crippen LogP contribution >= 0.6 is 0 Å². The number of morpholine rings is 1. The molecular weight excluding hydrogens is 505 g/mol. The maximum absolute atomic E-state index is 14.4. The molecule has 6 rings (SSSR count). The van der Waals surface area contributed by atoms with E-state index in [9.17, 15) is 17.6 Å². The highest BCUT2D eigenvalue weighted by Gasteiger charge is 2.33. The van der Waals surface area contributed by atoms with Crippen LogP contribution in [0.5, 0.6) is 0 Å². The molecule has 9 heteroatoms. The van der Waals surface area contributed by atoms with Crippen molar-refractivity contribution < 1.29 is 22.3 Å².